The Balaban J connectivity index is 1.87. The zero-order valence-electron chi connectivity index (χ0n) is 9.40. The van der Waals surface area contributed by atoms with E-state index in [0.717, 1.165) is 5.75 Å². The van der Waals surface area contributed by atoms with Crippen LogP contribution in [0.3, 0.4) is 0 Å². The summed E-state index contributed by atoms with van der Waals surface area (Å²) in [4.78, 5) is 0. The van der Waals surface area contributed by atoms with Crippen molar-refractivity contribution >= 4 is 0 Å². The lowest BCUT2D eigenvalue weighted by Gasteiger charge is -2.10. The van der Waals surface area contributed by atoms with Crippen molar-refractivity contribution in [1.29, 1.82) is 0 Å². The van der Waals surface area contributed by atoms with E-state index in [1.54, 1.807) is 12.1 Å². The minimum Gasteiger partial charge on any atom is -0.457 e. The molecule has 0 bridgehead atoms. The zero-order chi connectivity index (χ0) is 11.7. The molecule has 2 aromatic rings. The quantitative estimate of drug-likeness (QED) is 0.751. The van der Waals surface area contributed by atoms with Gasteiger partial charge in [-0.15, -0.1) is 0 Å². The largest absolute Gasteiger partial charge is 0.457 e. The van der Waals surface area contributed by atoms with Crippen molar-refractivity contribution in [2.45, 2.75) is 18.8 Å². The summed E-state index contributed by atoms with van der Waals surface area (Å²) in [5, 5.41) is 0. The molecule has 1 aliphatic carbocycles. The topological polar surface area (TPSA) is 9.23 Å². The molecule has 1 aliphatic rings. The summed E-state index contributed by atoms with van der Waals surface area (Å²) in [5.41, 5.74) is 1.26. The van der Waals surface area contributed by atoms with E-state index in [2.05, 4.69) is 6.07 Å². The van der Waals surface area contributed by atoms with E-state index < -0.39 is 0 Å². The predicted octanol–water partition coefficient (Wildman–Crippen LogP) is 4.50. The molecule has 2 aromatic carbocycles. The minimum atomic E-state index is -0.243. The minimum absolute atomic E-state index is 0.243. The molecule has 0 N–H and O–H groups in total. The molecular formula is C15H13FO. The molecule has 0 heterocycles. The third kappa shape index (κ3) is 2.31. The number of hydrogen-bond acceptors (Lipinski definition) is 1. The van der Waals surface area contributed by atoms with Crippen molar-refractivity contribution in [3.63, 3.8) is 0 Å². The maximum atomic E-state index is 12.8. The molecule has 86 valence electrons. The Labute approximate surface area is 99.9 Å². The molecule has 0 radical (unpaired) electrons. The van der Waals surface area contributed by atoms with Gasteiger partial charge in [-0.25, -0.2) is 4.39 Å². The summed E-state index contributed by atoms with van der Waals surface area (Å²) in [6.45, 7) is 0. The van der Waals surface area contributed by atoms with Gasteiger partial charge < -0.3 is 4.74 Å². The van der Waals surface area contributed by atoms with Crippen LogP contribution in [0.1, 0.15) is 24.3 Å². The highest BCUT2D eigenvalue weighted by Crippen LogP contribution is 2.44. The molecule has 0 aliphatic heterocycles. The number of ether oxygens (including phenoxy) is 1. The van der Waals surface area contributed by atoms with Crippen molar-refractivity contribution in [2.24, 2.45) is 0 Å². The smallest absolute Gasteiger partial charge is 0.130 e. The van der Waals surface area contributed by atoms with Crippen molar-refractivity contribution in [2.75, 3.05) is 0 Å². The highest BCUT2D eigenvalue weighted by atomic mass is 19.1. The van der Waals surface area contributed by atoms with Gasteiger partial charge in [0.1, 0.15) is 17.3 Å². The third-order valence-electron chi connectivity index (χ3n) is 2.98. The van der Waals surface area contributed by atoms with Gasteiger partial charge in [0, 0.05) is 0 Å². The van der Waals surface area contributed by atoms with Crippen molar-refractivity contribution in [1.82, 2.24) is 0 Å². The number of hydrogen-bond donors (Lipinski definition) is 0. The van der Waals surface area contributed by atoms with Crippen molar-refractivity contribution < 1.29 is 9.13 Å². The second kappa shape index (κ2) is 4.21. The fourth-order valence-electron chi connectivity index (χ4n) is 1.93. The second-order valence-electron chi connectivity index (χ2n) is 4.37. The van der Waals surface area contributed by atoms with Crippen LogP contribution in [0.25, 0.3) is 0 Å². The fraction of sp³-hybridized carbons (Fsp3) is 0.200. The van der Waals surface area contributed by atoms with Gasteiger partial charge in [0.15, 0.2) is 0 Å². The predicted molar refractivity (Wildman–Crippen MR) is 64.9 cm³/mol. The van der Waals surface area contributed by atoms with Crippen LogP contribution in [-0.2, 0) is 0 Å². The van der Waals surface area contributed by atoms with Gasteiger partial charge in [-0.2, -0.15) is 0 Å². The van der Waals surface area contributed by atoms with Crippen LogP contribution in [-0.4, -0.2) is 0 Å². The van der Waals surface area contributed by atoms with E-state index >= 15 is 0 Å². The van der Waals surface area contributed by atoms with Gasteiger partial charge in [-0.1, -0.05) is 18.2 Å². The van der Waals surface area contributed by atoms with Crippen LogP contribution in [0.4, 0.5) is 4.39 Å². The summed E-state index contributed by atoms with van der Waals surface area (Å²) in [5.74, 6) is 1.97. The summed E-state index contributed by atoms with van der Waals surface area (Å²) in [6, 6.07) is 14.2. The Morgan fingerprint density at radius 2 is 1.65 bits per heavy atom. The maximum absolute atomic E-state index is 12.8. The first-order valence-electron chi connectivity index (χ1n) is 5.85. The molecule has 2 heteroatoms. The summed E-state index contributed by atoms with van der Waals surface area (Å²) in [7, 11) is 0. The van der Waals surface area contributed by atoms with Crippen LogP contribution in [0.15, 0.2) is 48.5 Å². The molecule has 17 heavy (non-hydrogen) atoms. The van der Waals surface area contributed by atoms with Gasteiger partial charge in [-0.05, 0) is 54.7 Å². The Bertz CT molecular complexity index is 515. The number of para-hydroxylation sites is 1. The van der Waals surface area contributed by atoms with Gasteiger partial charge in [-0.3, -0.25) is 0 Å². The molecule has 0 aromatic heterocycles. The van der Waals surface area contributed by atoms with Crippen LogP contribution in [0.2, 0.25) is 0 Å². The van der Waals surface area contributed by atoms with E-state index in [4.69, 9.17) is 4.74 Å². The van der Waals surface area contributed by atoms with Crippen LogP contribution in [0, 0.1) is 5.82 Å². The summed E-state index contributed by atoms with van der Waals surface area (Å²) < 4.78 is 18.6. The fourth-order valence-corrected chi connectivity index (χ4v) is 1.93. The molecule has 0 spiro atoms. The van der Waals surface area contributed by atoms with Gasteiger partial charge in [0.25, 0.3) is 0 Å². The molecule has 0 amide bonds. The first kappa shape index (κ1) is 10.3. The van der Waals surface area contributed by atoms with Gasteiger partial charge >= 0.3 is 0 Å². The van der Waals surface area contributed by atoms with Crippen LogP contribution >= 0.6 is 0 Å². The molecule has 3 rings (SSSR count). The average Bonchev–Trinajstić information content (AvgIpc) is 3.17. The lowest BCUT2D eigenvalue weighted by molar-refractivity contribution is 0.474. The highest BCUT2D eigenvalue weighted by molar-refractivity contribution is 5.41. The number of halogens is 1. The Hall–Kier alpha value is -1.83. The molecule has 0 unspecified atom stereocenters. The van der Waals surface area contributed by atoms with Crippen molar-refractivity contribution in [3.05, 3.63) is 59.9 Å². The van der Waals surface area contributed by atoms with Gasteiger partial charge in [0.2, 0.25) is 0 Å². The molecule has 0 saturated heterocycles. The molecule has 1 nitrogen and oxygen atoms in total. The van der Waals surface area contributed by atoms with E-state index in [0.29, 0.717) is 11.7 Å². The highest BCUT2D eigenvalue weighted by Gasteiger charge is 2.26. The standard InChI is InChI=1S/C15H13FO/c16-12-7-9-13(10-8-12)17-15-4-2-1-3-14(15)11-5-6-11/h1-4,7-11H,5-6H2. The molecule has 1 fully saturated rings. The number of benzene rings is 2. The summed E-state index contributed by atoms with van der Waals surface area (Å²) >= 11 is 0. The van der Waals surface area contributed by atoms with Crippen molar-refractivity contribution in [3.8, 4) is 11.5 Å². The first-order chi connectivity index (χ1) is 8.33. The maximum Gasteiger partial charge on any atom is 0.130 e. The third-order valence-corrected chi connectivity index (χ3v) is 2.98. The molecule has 1 saturated carbocycles. The SMILES string of the molecule is Fc1ccc(Oc2ccccc2C2CC2)cc1. The van der Waals surface area contributed by atoms with E-state index in [-0.39, 0.29) is 5.82 Å². The summed E-state index contributed by atoms with van der Waals surface area (Å²) in [6.07, 6.45) is 2.48. The monoisotopic (exact) mass is 228 g/mol. The zero-order valence-corrected chi connectivity index (χ0v) is 9.40. The Morgan fingerprint density at radius 1 is 0.941 bits per heavy atom. The second-order valence-corrected chi connectivity index (χ2v) is 4.37. The average molecular weight is 228 g/mol. The normalized spacial score (nSPS) is 14.6. The lowest BCUT2D eigenvalue weighted by atomic mass is 10.1. The first-order valence-corrected chi connectivity index (χ1v) is 5.85. The van der Waals surface area contributed by atoms with Gasteiger partial charge in [0.05, 0.1) is 0 Å². The van der Waals surface area contributed by atoms with Crippen LogP contribution < -0.4 is 4.74 Å². The molecular weight excluding hydrogens is 215 g/mol. The van der Waals surface area contributed by atoms with E-state index in [1.165, 1.54) is 30.5 Å². The Morgan fingerprint density at radius 3 is 2.35 bits per heavy atom. The lowest BCUT2D eigenvalue weighted by Crippen LogP contribution is -1.89. The van der Waals surface area contributed by atoms with E-state index in [1.807, 2.05) is 18.2 Å². The Kier molecular flexibility index (Phi) is 2.56. The van der Waals surface area contributed by atoms with Crippen LogP contribution in [0.5, 0.6) is 11.5 Å². The number of rotatable bonds is 3. The molecule has 0 atom stereocenters. The van der Waals surface area contributed by atoms with E-state index in [9.17, 15) is 4.39 Å².